The van der Waals surface area contributed by atoms with Gasteiger partial charge in [-0.25, -0.2) is 4.98 Å². The Kier molecular flexibility index (Phi) is 2.37. The van der Waals surface area contributed by atoms with Crippen molar-refractivity contribution < 1.29 is 5.11 Å². The predicted molar refractivity (Wildman–Crippen MR) is 75.6 cm³/mol. The molecular weight excluding hydrogens is 256 g/mol. The molecule has 0 spiro atoms. The molecule has 2 saturated carbocycles. The highest BCUT2D eigenvalue weighted by molar-refractivity contribution is 5.81. The smallest absolute Gasteiger partial charge is 0.279 e. The van der Waals surface area contributed by atoms with Gasteiger partial charge in [-0.2, -0.15) is 0 Å². The first kappa shape index (κ1) is 11.8. The van der Waals surface area contributed by atoms with Crippen LogP contribution in [0.25, 0.3) is 11.0 Å². The van der Waals surface area contributed by atoms with Crippen LogP contribution in [0.4, 0.5) is 5.95 Å². The second kappa shape index (κ2) is 4.01. The first-order chi connectivity index (χ1) is 9.63. The van der Waals surface area contributed by atoms with Crippen molar-refractivity contribution in [3.63, 3.8) is 0 Å². The van der Waals surface area contributed by atoms with E-state index in [2.05, 4.69) is 9.97 Å². The van der Waals surface area contributed by atoms with E-state index in [1.165, 1.54) is 17.4 Å². The van der Waals surface area contributed by atoms with E-state index in [-0.39, 0.29) is 17.4 Å². The summed E-state index contributed by atoms with van der Waals surface area (Å²) in [5.74, 6) is 1.45. The lowest BCUT2D eigenvalue weighted by molar-refractivity contribution is 0.393. The predicted octanol–water partition coefficient (Wildman–Crippen LogP) is 1.37. The fourth-order valence-electron chi connectivity index (χ4n) is 2.79. The number of H-pyrrole nitrogens is 1. The lowest BCUT2D eigenvalue weighted by atomic mass is 10.1. The Morgan fingerprint density at radius 2 is 2.00 bits per heavy atom. The van der Waals surface area contributed by atoms with Gasteiger partial charge in [0.2, 0.25) is 0 Å². The van der Waals surface area contributed by atoms with Gasteiger partial charge in [0, 0.05) is 12.1 Å². The molecule has 106 valence electrons. The van der Waals surface area contributed by atoms with Crippen LogP contribution in [0.3, 0.4) is 0 Å². The van der Waals surface area contributed by atoms with Gasteiger partial charge >= 0.3 is 0 Å². The van der Waals surface area contributed by atoms with E-state index in [0.717, 1.165) is 24.8 Å². The van der Waals surface area contributed by atoms with E-state index < -0.39 is 0 Å². The maximum Gasteiger partial charge on any atom is 0.279 e. The number of pyridine rings is 1. The first-order valence-corrected chi connectivity index (χ1v) is 7.23. The molecule has 0 aliphatic heterocycles. The largest absolute Gasteiger partial charge is 0.494 e. The molecule has 4 N–H and O–H groups in total. The van der Waals surface area contributed by atoms with Gasteiger partial charge in [-0.05, 0) is 43.9 Å². The summed E-state index contributed by atoms with van der Waals surface area (Å²) in [5.41, 5.74) is 7.22. The molecule has 20 heavy (non-hydrogen) atoms. The molecule has 0 aromatic carbocycles. The van der Waals surface area contributed by atoms with E-state index in [4.69, 9.17) is 5.73 Å². The monoisotopic (exact) mass is 274 g/mol. The molecule has 0 saturated heterocycles. The van der Waals surface area contributed by atoms with Crippen molar-refractivity contribution in [2.75, 3.05) is 5.73 Å². The molecule has 2 aliphatic carbocycles. The van der Waals surface area contributed by atoms with E-state index in [1.54, 1.807) is 0 Å². The van der Waals surface area contributed by atoms with Gasteiger partial charge in [0.25, 0.3) is 5.56 Å². The maximum atomic E-state index is 12.5. The third-order valence-electron chi connectivity index (χ3n) is 4.32. The number of anilines is 1. The summed E-state index contributed by atoms with van der Waals surface area (Å²) in [5, 5.41) is 10.5. The highest BCUT2D eigenvalue weighted by Crippen LogP contribution is 2.38. The first-order valence-electron chi connectivity index (χ1n) is 7.23. The van der Waals surface area contributed by atoms with Crippen LogP contribution in [0, 0.1) is 11.8 Å². The van der Waals surface area contributed by atoms with Crippen LogP contribution in [0.15, 0.2) is 4.79 Å². The number of nitrogens with zero attached hydrogens (tertiary/aromatic N) is 2. The van der Waals surface area contributed by atoms with Gasteiger partial charge in [0.1, 0.15) is 11.0 Å². The number of hydrogen-bond donors (Lipinski definition) is 3. The highest BCUT2D eigenvalue weighted by atomic mass is 16.3. The zero-order chi connectivity index (χ0) is 13.9. The number of aromatic nitrogens is 3. The third-order valence-corrected chi connectivity index (χ3v) is 4.32. The zero-order valence-corrected chi connectivity index (χ0v) is 11.2. The van der Waals surface area contributed by atoms with E-state index in [0.29, 0.717) is 29.4 Å². The summed E-state index contributed by atoms with van der Waals surface area (Å²) in [7, 11) is 0. The van der Waals surface area contributed by atoms with Crippen molar-refractivity contribution in [1.29, 1.82) is 0 Å². The highest BCUT2D eigenvalue weighted by Gasteiger charge is 2.29. The maximum absolute atomic E-state index is 12.5. The van der Waals surface area contributed by atoms with Crippen molar-refractivity contribution in [3.8, 4) is 5.88 Å². The number of hydrogen-bond acceptors (Lipinski definition) is 4. The molecule has 6 heteroatoms. The molecule has 0 amide bonds. The van der Waals surface area contributed by atoms with Gasteiger partial charge in [-0.15, -0.1) is 0 Å². The summed E-state index contributed by atoms with van der Waals surface area (Å²) >= 11 is 0. The quantitative estimate of drug-likeness (QED) is 0.784. The molecule has 2 aromatic rings. The Balaban J connectivity index is 1.93. The molecule has 6 nitrogen and oxygen atoms in total. The molecule has 2 fully saturated rings. The van der Waals surface area contributed by atoms with Crippen LogP contribution in [0.2, 0.25) is 0 Å². The molecular formula is C14H18N4O2. The number of rotatable bonds is 4. The van der Waals surface area contributed by atoms with Gasteiger partial charge in [0.15, 0.2) is 11.8 Å². The van der Waals surface area contributed by atoms with E-state index in [1.807, 2.05) is 0 Å². The second-order valence-corrected chi connectivity index (χ2v) is 6.15. The van der Waals surface area contributed by atoms with Crippen molar-refractivity contribution in [2.24, 2.45) is 11.8 Å². The van der Waals surface area contributed by atoms with Crippen LogP contribution >= 0.6 is 0 Å². The number of nitrogen functional groups attached to an aromatic ring is 1. The molecule has 2 aliphatic rings. The van der Waals surface area contributed by atoms with Crippen molar-refractivity contribution in [1.82, 2.24) is 14.5 Å². The average molecular weight is 274 g/mol. The lowest BCUT2D eigenvalue weighted by Gasteiger charge is -2.12. The standard InChI is InChI=1S/C14H18N4O2/c15-14-16-10-9(5-7-1-2-7)12(19)18(6-8-3-4-8)13(20)11(10)17-14/h7-8,19H,1-6H2,(H3,15,16,17). The number of nitrogens with two attached hydrogens (primary N) is 1. The molecule has 2 heterocycles. The number of aromatic amines is 1. The summed E-state index contributed by atoms with van der Waals surface area (Å²) < 4.78 is 1.50. The molecule has 0 radical (unpaired) electrons. The minimum atomic E-state index is -0.215. The Labute approximate surface area is 115 Å². The fraction of sp³-hybridized carbons (Fsp3) is 0.571. The molecule has 0 unspecified atom stereocenters. The molecule has 0 bridgehead atoms. The summed E-state index contributed by atoms with van der Waals surface area (Å²) in [6, 6.07) is 0. The Hall–Kier alpha value is -1.98. The van der Waals surface area contributed by atoms with Crippen molar-refractivity contribution >= 4 is 17.0 Å². The second-order valence-electron chi connectivity index (χ2n) is 6.15. The zero-order valence-electron chi connectivity index (χ0n) is 11.2. The Morgan fingerprint density at radius 1 is 1.30 bits per heavy atom. The normalized spacial score (nSPS) is 18.8. The summed E-state index contributed by atoms with van der Waals surface area (Å²) in [6.45, 7) is 0.594. The molecule has 0 atom stereocenters. The SMILES string of the molecule is Nc1nc2c(CC3CC3)c(O)n(CC3CC3)c(=O)c2[nH]1. The molecule has 4 rings (SSSR count). The van der Waals surface area contributed by atoms with Gasteiger partial charge in [-0.3, -0.25) is 9.36 Å². The van der Waals surface area contributed by atoms with Crippen LogP contribution in [-0.4, -0.2) is 19.6 Å². The number of fused-ring (bicyclic) bond motifs is 1. The van der Waals surface area contributed by atoms with Crippen LogP contribution in [0.5, 0.6) is 5.88 Å². The Morgan fingerprint density at radius 3 is 2.65 bits per heavy atom. The van der Waals surface area contributed by atoms with E-state index >= 15 is 0 Å². The fourth-order valence-corrected chi connectivity index (χ4v) is 2.79. The van der Waals surface area contributed by atoms with Crippen molar-refractivity contribution in [2.45, 2.75) is 38.6 Å². The van der Waals surface area contributed by atoms with Gasteiger partial charge in [-0.1, -0.05) is 0 Å². The Bertz CT molecular complexity index is 738. The van der Waals surface area contributed by atoms with Crippen LogP contribution < -0.4 is 11.3 Å². The third kappa shape index (κ3) is 1.87. The lowest BCUT2D eigenvalue weighted by Crippen LogP contribution is -2.23. The summed E-state index contributed by atoms with van der Waals surface area (Å²) in [4.78, 5) is 19.5. The number of aromatic hydroxyl groups is 1. The number of imidazole rings is 1. The van der Waals surface area contributed by atoms with Crippen molar-refractivity contribution in [3.05, 3.63) is 15.9 Å². The van der Waals surface area contributed by atoms with Gasteiger partial charge < -0.3 is 15.8 Å². The van der Waals surface area contributed by atoms with Gasteiger partial charge in [0.05, 0.1) is 0 Å². The van der Waals surface area contributed by atoms with Crippen LogP contribution in [-0.2, 0) is 13.0 Å². The van der Waals surface area contributed by atoms with Crippen LogP contribution in [0.1, 0.15) is 31.2 Å². The average Bonchev–Trinajstić information content (AvgIpc) is 3.31. The number of nitrogens with one attached hydrogen (secondary N) is 1. The topological polar surface area (TPSA) is 96.9 Å². The summed E-state index contributed by atoms with van der Waals surface area (Å²) in [6.07, 6.45) is 5.41. The van der Waals surface area contributed by atoms with E-state index in [9.17, 15) is 9.90 Å². The minimum Gasteiger partial charge on any atom is -0.494 e. The minimum absolute atomic E-state index is 0.0906. The molecule has 2 aromatic heterocycles.